The molecule has 2 heterocycles. The minimum atomic E-state index is -0.115. The molecule has 150 valence electrons. The molecule has 0 saturated carbocycles. The fraction of sp³-hybridized carbons (Fsp3) is 0.429. The molecule has 0 bridgehead atoms. The number of hydrogen-bond acceptors (Lipinski definition) is 5. The number of morpholine rings is 1. The van der Waals surface area contributed by atoms with Crippen LogP contribution < -0.4 is 5.32 Å². The molecule has 1 N–H and O–H groups in total. The van der Waals surface area contributed by atoms with E-state index in [-0.39, 0.29) is 17.9 Å². The number of furan rings is 1. The number of carbonyl (C=O) groups is 2. The Morgan fingerprint density at radius 3 is 2.64 bits per heavy atom. The molecule has 1 fully saturated rings. The molecule has 1 atom stereocenters. The van der Waals surface area contributed by atoms with E-state index in [9.17, 15) is 9.59 Å². The number of carbonyl (C=O) groups excluding carboxylic acids is 2. The highest BCUT2D eigenvalue weighted by Crippen LogP contribution is 2.13. The van der Waals surface area contributed by atoms with Crippen molar-refractivity contribution < 1.29 is 18.7 Å². The van der Waals surface area contributed by atoms with E-state index in [0.717, 1.165) is 11.3 Å². The van der Waals surface area contributed by atoms with Crippen molar-refractivity contribution in [3.05, 3.63) is 59.5 Å². The first-order valence-corrected chi connectivity index (χ1v) is 9.50. The lowest BCUT2D eigenvalue weighted by atomic mass is 10.1. The summed E-state index contributed by atoms with van der Waals surface area (Å²) in [6.07, 6.45) is 1.70. The zero-order chi connectivity index (χ0) is 19.9. The van der Waals surface area contributed by atoms with E-state index in [1.54, 1.807) is 25.4 Å². The quantitative estimate of drug-likeness (QED) is 0.788. The molecule has 7 heteroatoms. The van der Waals surface area contributed by atoms with Crippen molar-refractivity contribution in [1.29, 1.82) is 0 Å². The molecule has 28 heavy (non-hydrogen) atoms. The molecule has 2 amide bonds. The Balaban J connectivity index is 1.68. The summed E-state index contributed by atoms with van der Waals surface area (Å²) in [6, 6.07) is 11.2. The molecule has 1 saturated heterocycles. The normalized spacial score (nSPS) is 17.0. The Kier molecular flexibility index (Phi) is 6.84. The van der Waals surface area contributed by atoms with Gasteiger partial charge in [0.05, 0.1) is 32.1 Å². The van der Waals surface area contributed by atoms with Gasteiger partial charge in [0.1, 0.15) is 5.76 Å². The predicted molar refractivity (Wildman–Crippen MR) is 105 cm³/mol. The molecule has 0 aliphatic carbocycles. The first-order valence-electron chi connectivity index (χ1n) is 9.50. The van der Waals surface area contributed by atoms with Gasteiger partial charge >= 0.3 is 0 Å². The zero-order valence-electron chi connectivity index (χ0n) is 16.4. The van der Waals surface area contributed by atoms with Crippen LogP contribution in [0.4, 0.5) is 0 Å². The molecule has 1 aromatic carbocycles. The molecule has 0 radical (unpaired) electrons. The number of benzene rings is 1. The van der Waals surface area contributed by atoms with Crippen LogP contribution in [0.15, 0.2) is 47.1 Å². The molecule has 0 spiro atoms. The van der Waals surface area contributed by atoms with Crippen molar-refractivity contribution in [2.45, 2.75) is 26.1 Å². The third kappa shape index (κ3) is 5.43. The monoisotopic (exact) mass is 385 g/mol. The average Bonchev–Trinajstić information content (AvgIpc) is 3.21. The van der Waals surface area contributed by atoms with E-state index in [4.69, 9.17) is 9.15 Å². The second-order valence-corrected chi connectivity index (χ2v) is 7.02. The highest BCUT2D eigenvalue weighted by Gasteiger charge is 2.23. The Morgan fingerprint density at radius 1 is 1.21 bits per heavy atom. The number of hydrogen-bond donors (Lipinski definition) is 1. The van der Waals surface area contributed by atoms with Gasteiger partial charge in [-0.15, -0.1) is 0 Å². The number of ether oxygens (including phenoxy) is 1. The summed E-state index contributed by atoms with van der Waals surface area (Å²) < 4.78 is 11.0. The van der Waals surface area contributed by atoms with Gasteiger partial charge in [-0.2, -0.15) is 0 Å². The van der Waals surface area contributed by atoms with Crippen LogP contribution >= 0.6 is 0 Å². The van der Waals surface area contributed by atoms with Gasteiger partial charge in [0, 0.05) is 32.2 Å². The summed E-state index contributed by atoms with van der Waals surface area (Å²) >= 11 is 0. The topological polar surface area (TPSA) is 75.0 Å². The maximum Gasteiger partial charge on any atom is 0.251 e. The Morgan fingerprint density at radius 2 is 2.00 bits per heavy atom. The summed E-state index contributed by atoms with van der Waals surface area (Å²) in [5, 5.41) is 2.62. The van der Waals surface area contributed by atoms with Crippen molar-refractivity contribution in [3.63, 3.8) is 0 Å². The lowest BCUT2D eigenvalue weighted by Crippen LogP contribution is -2.48. The SMILES string of the molecule is CNC(=O)c1ccc(CN(CC(=O)N2CCO[C@@H](C)C2)Cc2ccco2)cc1. The highest BCUT2D eigenvalue weighted by atomic mass is 16.5. The van der Waals surface area contributed by atoms with Crippen LogP contribution in [-0.2, 0) is 22.6 Å². The maximum atomic E-state index is 12.8. The van der Waals surface area contributed by atoms with Gasteiger partial charge in [-0.3, -0.25) is 14.5 Å². The van der Waals surface area contributed by atoms with E-state index in [1.165, 1.54) is 0 Å². The van der Waals surface area contributed by atoms with Gasteiger partial charge in [-0.05, 0) is 36.8 Å². The van der Waals surface area contributed by atoms with Crippen LogP contribution in [-0.4, -0.2) is 61.0 Å². The first-order chi connectivity index (χ1) is 13.5. The van der Waals surface area contributed by atoms with Crippen LogP contribution in [0.25, 0.3) is 0 Å². The van der Waals surface area contributed by atoms with Crippen molar-refractivity contribution in [1.82, 2.24) is 15.1 Å². The van der Waals surface area contributed by atoms with Crippen LogP contribution in [0.1, 0.15) is 28.6 Å². The lowest BCUT2D eigenvalue weighted by molar-refractivity contribution is -0.139. The van der Waals surface area contributed by atoms with Crippen molar-refractivity contribution >= 4 is 11.8 Å². The molecule has 1 aromatic heterocycles. The minimum absolute atomic E-state index is 0.0634. The molecule has 2 aromatic rings. The van der Waals surface area contributed by atoms with Gasteiger partial charge in [0.25, 0.3) is 5.91 Å². The molecule has 1 aliphatic heterocycles. The smallest absolute Gasteiger partial charge is 0.251 e. The number of nitrogens with one attached hydrogen (secondary N) is 1. The standard InChI is InChI=1S/C21H27N3O4/c1-16-12-24(9-11-27-16)20(25)15-23(14-19-4-3-10-28-19)13-17-5-7-18(8-6-17)21(26)22-2/h3-8,10,16H,9,11-15H2,1-2H3,(H,22,26)/t16-/m0/s1. The highest BCUT2D eigenvalue weighted by molar-refractivity contribution is 5.93. The van der Waals surface area contributed by atoms with Crippen molar-refractivity contribution in [3.8, 4) is 0 Å². The Labute approximate surface area is 165 Å². The van der Waals surface area contributed by atoms with Crippen LogP contribution in [0, 0.1) is 0 Å². The molecule has 0 unspecified atom stereocenters. The molecular formula is C21H27N3O4. The van der Waals surface area contributed by atoms with Gasteiger partial charge in [0.15, 0.2) is 0 Å². The van der Waals surface area contributed by atoms with Crippen LogP contribution in [0.3, 0.4) is 0 Å². The van der Waals surface area contributed by atoms with Gasteiger partial charge in [-0.1, -0.05) is 12.1 Å². The van der Waals surface area contributed by atoms with E-state index in [0.29, 0.717) is 44.9 Å². The summed E-state index contributed by atoms with van der Waals surface area (Å²) in [5.74, 6) is 0.782. The van der Waals surface area contributed by atoms with Gasteiger partial charge in [-0.25, -0.2) is 0 Å². The lowest BCUT2D eigenvalue weighted by Gasteiger charge is -2.33. The summed E-state index contributed by atoms with van der Waals surface area (Å²) in [6.45, 7) is 5.22. The minimum Gasteiger partial charge on any atom is -0.468 e. The van der Waals surface area contributed by atoms with Crippen LogP contribution in [0.5, 0.6) is 0 Å². The second kappa shape index (κ2) is 9.52. The molecule has 3 rings (SSSR count). The number of amides is 2. The summed E-state index contributed by atoms with van der Waals surface area (Å²) in [5.41, 5.74) is 1.64. The fourth-order valence-corrected chi connectivity index (χ4v) is 3.29. The van der Waals surface area contributed by atoms with E-state index in [2.05, 4.69) is 10.2 Å². The Bertz CT molecular complexity index is 773. The van der Waals surface area contributed by atoms with Gasteiger partial charge in [0.2, 0.25) is 5.91 Å². The van der Waals surface area contributed by atoms with E-state index >= 15 is 0 Å². The second-order valence-electron chi connectivity index (χ2n) is 7.02. The zero-order valence-corrected chi connectivity index (χ0v) is 16.4. The fourth-order valence-electron chi connectivity index (χ4n) is 3.29. The predicted octanol–water partition coefficient (Wildman–Crippen LogP) is 1.89. The molecular weight excluding hydrogens is 358 g/mol. The number of rotatable bonds is 7. The van der Waals surface area contributed by atoms with E-state index < -0.39 is 0 Å². The largest absolute Gasteiger partial charge is 0.468 e. The van der Waals surface area contributed by atoms with Crippen molar-refractivity contribution in [2.75, 3.05) is 33.3 Å². The third-order valence-electron chi connectivity index (χ3n) is 4.76. The maximum absolute atomic E-state index is 12.8. The van der Waals surface area contributed by atoms with Gasteiger partial charge < -0.3 is 19.4 Å². The van der Waals surface area contributed by atoms with Crippen LogP contribution in [0.2, 0.25) is 0 Å². The number of nitrogens with zero attached hydrogens (tertiary/aromatic N) is 2. The summed E-state index contributed by atoms with van der Waals surface area (Å²) in [4.78, 5) is 28.4. The Hall–Kier alpha value is -2.64. The molecule has 1 aliphatic rings. The third-order valence-corrected chi connectivity index (χ3v) is 4.76. The van der Waals surface area contributed by atoms with E-state index in [1.807, 2.05) is 36.1 Å². The first kappa shape index (κ1) is 20.1. The molecule has 7 nitrogen and oxygen atoms in total. The average molecular weight is 385 g/mol. The van der Waals surface area contributed by atoms with Crippen molar-refractivity contribution in [2.24, 2.45) is 0 Å². The summed E-state index contributed by atoms with van der Waals surface area (Å²) in [7, 11) is 1.61.